The summed E-state index contributed by atoms with van der Waals surface area (Å²) in [5.74, 6) is 0.284. The molecule has 4 atom stereocenters. The van der Waals surface area contributed by atoms with Gasteiger partial charge in [-0.1, -0.05) is 44.9 Å². The van der Waals surface area contributed by atoms with Crippen molar-refractivity contribution >= 4 is 11.9 Å². The van der Waals surface area contributed by atoms with Gasteiger partial charge in [0.2, 0.25) is 5.69 Å². The van der Waals surface area contributed by atoms with Gasteiger partial charge in [-0.15, -0.1) is 0 Å². The third-order valence-corrected chi connectivity index (χ3v) is 5.80. The van der Waals surface area contributed by atoms with Crippen LogP contribution in [0.5, 0.6) is 5.75 Å². The van der Waals surface area contributed by atoms with E-state index in [1.165, 1.54) is 13.5 Å². The van der Waals surface area contributed by atoms with E-state index >= 15 is 0 Å². The normalized spacial score (nSPS) is 22.6. The molecule has 0 aliphatic heterocycles. The van der Waals surface area contributed by atoms with Crippen molar-refractivity contribution in [3.63, 3.8) is 0 Å². The molecule has 2 aromatic rings. The van der Waals surface area contributed by atoms with Crippen molar-refractivity contribution < 1.29 is 19.1 Å². The number of aromatic nitrogens is 2. The van der Waals surface area contributed by atoms with Gasteiger partial charge in [0, 0.05) is 6.04 Å². The van der Waals surface area contributed by atoms with Crippen LogP contribution in [0.15, 0.2) is 36.5 Å². The Balaban J connectivity index is 1.66. The van der Waals surface area contributed by atoms with E-state index in [0.29, 0.717) is 17.6 Å². The maximum atomic E-state index is 12.6. The van der Waals surface area contributed by atoms with Crippen molar-refractivity contribution in [1.29, 1.82) is 0 Å². The van der Waals surface area contributed by atoms with Crippen LogP contribution in [0.1, 0.15) is 50.5 Å². The number of benzene rings is 1. The lowest BCUT2D eigenvalue weighted by molar-refractivity contribution is -0.130. The quantitative estimate of drug-likeness (QED) is 0.753. The van der Waals surface area contributed by atoms with Crippen LogP contribution in [0.25, 0.3) is 5.69 Å². The van der Waals surface area contributed by atoms with Gasteiger partial charge >= 0.3 is 5.97 Å². The number of nitrogens with zero attached hydrogens (tertiary/aromatic N) is 2. The molecule has 0 saturated heterocycles. The topological polar surface area (TPSA) is 82.5 Å². The largest absolute Gasteiger partial charge is 0.493 e. The number of rotatable bonds is 6. The van der Waals surface area contributed by atoms with Gasteiger partial charge in [0.25, 0.3) is 5.91 Å². The highest BCUT2D eigenvalue weighted by molar-refractivity contribution is 5.93. The Morgan fingerprint density at radius 1 is 1.21 bits per heavy atom. The van der Waals surface area contributed by atoms with Crippen molar-refractivity contribution in [1.82, 2.24) is 15.1 Å². The van der Waals surface area contributed by atoms with E-state index in [0.717, 1.165) is 18.5 Å². The highest BCUT2D eigenvalue weighted by Gasteiger charge is 2.31. The molecule has 0 spiro atoms. The Bertz CT molecular complexity index is 849. The highest BCUT2D eigenvalue weighted by Crippen LogP contribution is 2.29. The molecule has 1 N–H and O–H groups in total. The van der Waals surface area contributed by atoms with Gasteiger partial charge < -0.3 is 14.8 Å². The molecular formula is C22H29N3O4. The maximum Gasteiger partial charge on any atom is 0.363 e. The Morgan fingerprint density at radius 3 is 2.62 bits per heavy atom. The van der Waals surface area contributed by atoms with Gasteiger partial charge in [-0.25, -0.2) is 9.48 Å². The summed E-state index contributed by atoms with van der Waals surface area (Å²) in [5.41, 5.74) is 0.826. The molecule has 1 heterocycles. The second kappa shape index (κ2) is 9.11. The Morgan fingerprint density at radius 2 is 1.93 bits per heavy atom. The molecule has 1 saturated carbocycles. The summed E-state index contributed by atoms with van der Waals surface area (Å²) in [6.45, 7) is 5.94. The summed E-state index contributed by atoms with van der Waals surface area (Å²) in [6, 6.07) is 9.49. The second-order valence-corrected chi connectivity index (χ2v) is 7.76. The minimum absolute atomic E-state index is 0.0376. The van der Waals surface area contributed by atoms with E-state index in [-0.39, 0.29) is 17.6 Å². The molecular weight excluding hydrogens is 370 g/mol. The number of carbonyl (C=O) groups excluding carboxylic acids is 2. The van der Waals surface area contributed by atoms with Crippen LogP contribution >= 0.6 is 0 Å². The minimum Gasteiger partial charge on any atom is -0.493 e. The summed E-state index contributed by atoms with van der Waals surface area (Å²) in [6.07, 6.45) is 3.92. The Kier molecular flexibility index (Phi) is 6.56. The van der Waals surface area contributed by atoms with Crippen LogP contribution in [0.2, 0.25) is 0 Å². The Hall–Kier alpha value is -2.83. The average molecular weight is 399 g/mol. The highest BCUT2D eigenvalue weighted by atomic mass is 16.6. The smallest absolute Gasteiger partial charge is 0.363 e. The lowest BCUT2D eigenvalue weighted by Gasteiger charge is -2.35. The van der Waals surface area contributed by atoms with Crippen LogP contribution in [-0.4, -0.2) is 40.9 Å². The number of carbonyl (C=O) groups is 2. The number of amides is 1. The summed E-state index contributed by atoms with van der Waals surface area (Å²) in [7, 11) is 1.46. The molecule has 0 radical (unpaired) electrons. The van der Waals surface area contributed by atoms with Gasteiger partial charge in [0.1, 0.15) is 0 Å². The van der Waals surface area contributed by atoms with Gasteiger partial charge in [0.15, 0.2) is 11.9 Å². The molecule has 29 heavy (non-hydrogen) atoms. The zero-order chi connectivity index (χ0) is 21.0. The fourth-order valence-electron chi connectivity index (χ4n) is 3.72. The molecule has 1 aliphatic rings. The fourth-order valence-corrected chi connectivity index (χ4v) is 3.72. The molecule has 7 heteroatoms. The van der Waals surface area contributed by atoms with E-state index in [1.54, 1.807) is 17.8 Å². The average Bonchev–Trinajstić information content (AvgIpc) is 3.16. The third kappa shape index (κ3) is 4.78. The first-order valence-electron chi connectivity index (χ1n) is 10.1. The number of methoxy groups -OCH3 is 1. The van der Waals surface area contributed by atoms with Crippen LogP contribution in [0, 0.1) is 11.8 Å². The summed E-state index contributed by atoms with van der Waals surface area (Å²) < 4.78 is 12.2. The summed E-state index contributed by atoms with van der Waals surface area (Å²) >= 11 is 0. The molecule has 1 fully saturated rings. The Labute approximate surface area is 171 Å². The van der Waals surface area contributed by atoms with Crippen molar-refractivity contribution in [3.8, 4) is 11.4 Å². The molecule has 7 nitrogen and oxygen atoms in total. The maximum absolute atomic E-state index is 12.6. The summed E-state index contributed by atoms with van der Waals surface area (Å²) in [4.78, 5) is 25.2. The number of ether oxygens (including phenoxy) is 2. The monoisotopic (exact) mass is 399 g/mol. The molecule has 1 amide bonds. The van der Waals surface area contributed by atoms with Gasteiger partial charge in [-0.05, 0) is 37.3 Å². The number of hydrogen-bond donors (Lipinski definition) is 1. The summed E-state index contributed by atoms with van der Waals surface area (Å²) in [5, 5.41) is 7.33. The van der Waals surface area contributed by atoms with Crippen molar-refractivity contribution in [2.45, 2.75) is 52.2 Å². The van der Waals surface area contributed by atoms with Crippen LogP contribution in [-0.2, 0) is 9.53 Å². The third-order valence-electron chi connectivity index (χ3n) is 5.80. The fraction of sp³-hybridized carbons (Fsp3) is 0.500. The van der Waals surface area contributed by atoms with E-state index in [9.17, 15) is 9.59 Å². The zero-order valence-corrected chi connectivity index (χ0v) is 17.4. The van der Waals surface area contributed by atoms with Crippen LogP contribution < -0.4 is 10.1 Å². The van der Waals surface area contributed by atoms with E-state index < -0.39 is 12.1 Å². The predicted octanol–water partition coefficient (Wildman–Crippen LogP) is 3.37. The minimum atomic E-state index is -0.918. The number of nitrogens with one attached hydrogen (secondary N) is 1. The van der Waals surface area contributed by atoms with Crippen LogP contribution in [0.4, 0.5) is 0 Å². The first-order valence-corrected chi connectivity index (χ1v) is 10.1. The molecule has 0 bridgehead atoms. The van der Waals surface area contributed by atoms with Crippen LogP contribution in [0.3, 0.4) is 0 Å². The zero-order valence-electron chi connectivity index (χ0n) is 17.4. The molecule has 1 aliphatic carbocycles. The van der Waals surface area contributed by atoms with Crippen molar-refractivity contribution in [3.05, 3.63) is 42.2 Å². The molecule has 156 valence electrons. The van der Waals surface area contributed by atoms with E-state index in [1.807, 2.05) is 30.3 Å². The van der Waals surface area contributed by atoms with E-state index in [2.05, 4.69) is 24.3 Å². The van der Waals surface area contributed by atoms with Gasteiger partial charge in [-0.2, -0.15) is 5.10 Å². The van der Waals surface area contributed by atoms with Gasteiger partial charge in [-0.3, -0.25) is 4.79 Å². The standard InChI is InChI=1S/C22H29N3O4/c1-14-9-8-12-18(15(14)2)23-21(26)16(3)29-22(27)20-19(28-4)13-25(24-20)17-10-6-5-7-11-17/h5-7,10-11,13-16,18H,8-9,12H2,1-4H3,(H,23,26)/t14-,15+,16+,18-/m0/s1. The SMILES string of the molecule is COc1cn(-c2ccccc2)nc1C(=O)O[C@H](C)C(=O)N[C@H]1CCC[C@H](C)[C@H]1C. The number of para-hydroxylation sites is 1. The molecule has 1 aromatic heterocycles. The number of hydrogen-bond acceptors (Lipinski definition) is 5. The lowest BCUT2D eigenvalue weighted by Crippen LogP contribution is -2.47. The first-order chi connectivity index (χ1) is 13.9. The van der Waals surface area contributed by atoms with Gasteiger partial charge in [0.05, 0.1) is 19.0 Å². The van der Waals surface area contributed by atoms with Crippen molar-refractivity contribution in [2.24, 2.45) is 11.8 Å². The second-order valence-electron chi connectivity index (χ2n) is 7.76. The molecule has 0 unspecified atom stereocenters. The lowest BCUT2D eigenvalue weighted by atomic mass is 9.78. The number of esters is 1. The first kappa shape index (κ1) is 20.9. The predicted molar refractivity (Wildman–Crippen MR) is 109 cm³/mol. The molecule has 3 rings (SSSR count). The van der Waals surface area contributed by atoms with Crippen molar-refractivity contribution in [2.75, 3.05) is 7.11 Å². The van der Waals surface area contributed by atoms with E-state index in [4.69, 9.17) is 9.47 Å². The molecule has 1 aromatic carbocycles.